The molecule has 9 heteroatoms. The van der Waals surface area contributed by atoms with E-state index in [0.717, 1.165) is 22.2 Å². The van der Waals surface area contributed by atoms with E-state index in [1.165, 1.54) is 35.7 Å². The Morgan fingerprint density at radius 1 is 1.08 bits per heavy atom. The number of methoxy groups -OCH3 is 1. The summed E-state index contributed by atoms with van der Waals surface area (Å²) < 4.78 is 12.5. The van der Waals surface area contributed by atoms with Crippen molar-refractivity contribution in [2.24, 2.45) is 5.92 Å². The van der Waals surface area contributed by atoms with Gasteiger partial charge in [0.1, 0.15) is 5.76 Å². The van der Waals surface area contributed by atoms with Gasteiger partial charge in [0.15, 0.2) is 16.6 Å². The van der Waals surface area contributed by atoms with Gasteiger partial charge in [-0.05, 0) is 66.8 Å². The summed E-state index contributed by atoms with van der Waals surface area (Å²) >= 11 is 1.32. The number of thiazole rings is 1. The molecular weight excluding hydrogens is 514 g/mol. The van der Waals surface area contributed by atoms with E-state index in [9.17, 15) is 14.7 Å². The van der Waals surface area contributed by atoms with Gasteiger partial charge in [-0.3, -0.25) is 19.5 Å². The van der Waals surface area contributed by atoms with Gasteiger partial charge in [0.25, 0.3) is 5.78 Å². The monoisotopic (exact) mass is 543 g/mol. The molecule has 39 heavy (non-hydrogen) atoms. The third-order valence-electron chi connectivity index (χ3n) is 6.59. The first kappa shape index (κ1) is 26.4. The minimum atomic E-state index is -0.932. The molecule has 1 amide bonds. The lowest BCUT2D eigenvalue weighted by atomic mass is 9.95. The summed E-state index contributed by atoms with van der Waals surface area (Å²) in [5, 5.41) is 11.7. The van der Waals surface area contributed by atoms with E-state index in [4.69, 9.17) is 9.47 Å². The van der Waals surface area contributed by atoms with E-state index in [1.54, 1.807) is 30.3 Å². The van der Waals surface area contributed by atoms with Crippen LogP contribution in [0.1, 0.15) is 43.0 Å². The molecule has 1 aliphatic rings. The van der Waals surface area contributed by atoms with Gasteiger partial charge in [-0.25, -0.2) is 4.98 Å². The number of carbonyl (C=O) groups excluding carboxylic acids is 2. The van der Waals surface area contributed by atoms with Crippen LogP contribution in [0.2, 0.25) is 0 Å². The first-order valence-corrected chi connectivity index (χ1v) is 13.5. The molecule has 2 aromatic heterocycles. The maximum absolute atomic E-state index is 13.5. The zero-order valence-electron chi connectivity index (χ0n) is 22.2. The van der Waals surface area contributed by atoms with Crippen LogP contribution in [-0.4, -0.2) is 40.5 Å². The quantitative estimate of drug-likeness (QED) is 0.164. The van der Waals surface area contributed by atoms with Gasteiger partial charge in [-0.2, -0.15) is 0 Å². The van der Waals surface area contributed by atoms with E-state index < -0.39 is 17.7 Å². The normalized spacial score (nSPS) is 16.8. The predicted molar refractivity (Wildman–Crippen MR) is 151 cm³/mol. The summed E-state index contributed by atoms with van der Waals surface area (Å²) in [6, 6.07) is 13.4. The number of nitrogens with zero attached hydrogens (tertiary/aromatic N) is 3. The van der Waals surface area contributed by atoms with Crippen molar-refractivity contribution < 1.29 is 24.2 Å². The molecule has 0 bridgehead atoms. The van der Waals surface area contributed by atoms with Gasteiger partial charge >= 0.3 is 5.91 Å². The molecule has 3 heterocycles. The Bertz CT molecular complexity index is 1580. The van der Waals surface area contributed by atoms with E-state index in [0.29, 0.717) is 40.3 Å². The Morgan fingerprint density at radius 3 is 2.56 bits per heavy atom. The van der Waals surface area contributed by atoms with Crippen LogP contribution in [-0.2, 0) is 9.59 Å². The second-order valence-corrected chi connectivity index (χ2v) is 10.8. The summed E-state index contributed by atoms with van der Waals surface area (Å²) in [5.41, 5.74) is 2.72. The highest BCUT2D eigenvalue weighted by atomic mass is 32.1. The zero-order chi connectivity index (χ0) is 27.7. The molecule has 1 aliphatic heterocycles. The number of amides is 1. The van der Waals surface area contributed by atoms with Crippen molar-refractivity contribution in [3.63, 3.8) is 0 Å². The molecule has 2 aromatic carbocycles. The van der Waals surface area contributed by atoms with Gasteiger partial charge in [0, 0.05) is 18.0 Å². The number of benzene rings is 2. The first-order valence-electron chi connectivity index (χ1n) is 12.7. The number of rotatable bonds is 8. The number of ether oxygens (including phenoxy) is 2. The minimum Gasteiger partial charge on any atom is -0.507 e. The lowest BCUT2D eigenvalue weighted by Crippen LogP contribution is -2.29. The number of aliphatic hydroxyl groups is 1. The maximum Gasteiger partial charge on any atom is 0.301 e. The van der Waals surface area contributed by atoms with Crippen LogP contribution >= 0.6 is 11.3 Å². The number of ketones is 1. The van der Waals surface area contributed by atoms with E-state index in [1.807, 2.05) is 25.1 Å². The fraction of sp³-hybridized carbons (Fsp3) is 0.267. The average molecular weight is 544 g/mol. The highest BCUT2D eigenvalue weighted by Gasteiger charge is 2.48. The molecule has 5 rings (SSSR count). The van der Waals surface area contributed by atoms with Crippen molar-refractivity contribution in [2.45, 2.75) is 33.2 Å². The second kappa shape index (κ2) is 10.9. The fourth-order valence-corrected chi connectivity index (χ4v) is 5.60. The topological polar surface area (TPSA) is 102 Å². The molecule has 200 valence electrons. The molecule has 1 unspecified atom stereocenters. The van der Waals surface area contributed by atoms with Crippen LogP contribution in [0, 0.1) is 12.8 Å². The summed E-state index contributed by atoms with van der Waals surface area (Å²) in [6.07, 6.45) is 3.92. The Kier molecular flexibility index (Phi) is 7.34. The number of aliphatic hydroxyl groups excluding tert-OH is 1. The van der Waals surface area contributed by atoms with Crippen LogP contribution in [0.25, 0.3) is 16.0 Å². The second-order valence-electron chi connectivity index (χ2n) is 9.81. The molecule has 0 spiro atoms. The molecule has 1 fully saturated rings. The molecular formula is C30H29N3O5S. The largest absolute Gasteiger partial charge is 0.507 e. The zero-order valence-corrected chi connectivity index (χ0v) is 23.0. The van der Waals surface area contributed by atoms with Crippen LogP contribution < -0.4 is 14.4 Å². The number of aryl methyl sites for hydroxylation is 1. The van der Waals surface area contributed by atoms with Gasteiger partial charge in [-0.15, -0.1) is 0 Å². The van der Waals surface area contributed by atoms with Crippen LogP contribution in [0.4, 0.5) is 5.13 Å². The smallest absolute Gasteiger partial charge is 0.301 e. The number of anilines is 1. The van der Waals surface area contributed by atoms with Gasteiger partial charge in [0.2, 0.25) is 0 Å². The number of hydrogen-bond donors (Lipinski definition) is 1. The van der Waals surface area contributed by atoms with Crippen molar-refractivity contribution in [1.82, 2.24) is 9.97 Å². The highest BCUT2D eigenvalue weighted by Crippen LogP contribution is 2.45. The van der Waals surface area contributed by atoms with Crippen molar-refractivity contribution in [1.29, 1.82) is 0 Å². The Balaban J connectivity index is 1.66. The van der Waals surface area contributed by atoms with Crippen molar-refractivity contribution in [3.8, 4) is 11.5 Å². The Labute approximate surface area is 230 Å². The highest BCUT2D eigenvalue weighted by molar-refractivity contribution is 7.22. The van der Waals surface area contributed by atoms with Crippen LogP contribution in [0.3, 0.4) is 0 Å². The average Bonchev–Trinajstić information content (AvgIpc) is 3.46. The number of aromatic nitrogens is 2. The molecule has 0 aliphatic carbocycles. The molecule has 4 aromatic rings. The molecule has 0 radical (unpaired) electrons. The number of pyridine rings is 1. The van der Waals surface area contributed by atoms with E-state index in [2.05, 4.69) is 23.8 Å². The third-order valence-corrected chi connectivity index (χ3v) is 7.61. The van der Waals surface area contributed by atoms with Crippen LogP contribution in [0.15, 0.2) is 66.5 Å². The number of hydrogen-bond acceptors (Lipinski definition) is 8. The van der Waals surface area contributed by atoms with Gasteiger partial charge in [-0.1, -0.05) is 37.3 Å². The fourth-order valence-electron chi connectivity index (χ4n) is 4.51. The standard InChI is InChI=1S/C30H29N3O5S/c1-17(2)11-14-38-22-8-6-20(16-23(22)37-4)26-25(27(34)19-9-12-31-13-10-19)28(35)29(36)33(26)30-32-21-7-5-18(3)15-24(21)39-30/h5-10,12-13,15-17,26,34H,11,14H2,1-4H3. The van der Waals surface area contributed by atoms with E-state index in [-0.39, 0.29) is 11.3 Å². The van der Waals surface area contributed by atoms with Crippen molar-refractivity contribution >= 4 is 44.1 Å². The maximum atomic E-state index is 13.5. The summed E-state index contributed by atoms with van der Waals surface area (Å²) in [4.78, 5) is 37.1. The predicted octanol–water partition coefficient (Wildman–Crippen LogP) is 6.06. The third kappa shape index (κ3) is 5.09. The summed E-state index contributed by atoms with van der Waals surface area (Å²) in [6.45, 7) is 6.76. The molecule has 1 saturated heterocycles. The SMILES string of the molecule is COc1cc(C2C(=C(O)c3ccncc3)C(=O)C(=O)N2c2nc3ccc(C)cc3s2)ccc1OCCC(C)C. The molecule has 1 N–H and O–H groups in total. The number of Topliss-reactive ketones (excluding diaryl/α,β-unsaturated/α-hetero) is 1. The number of fused-ring (bicyclic) bond motifs is 1. The lowest BCUT2D eigenvalue weighted by Gasteiger charge is -2.24. The summed E-state index contributed by atoms with van der Waals surface area (Å²) in [7, 11) is 1.54. The Hall–Kier alpha value is -4.24. The van der Waals surface area contributed by atoms with Crippen molar-refractivity contribution in [3.05, 3.63) is 83.2 Å². The molecule has 8 nitrogen and oxygen atoms in total. The van der Waals surface area contributed by atoms with Crippen molar-refractivity contribution in [2.75, 3.05) is 18.6 Å². The van der Waals surface area contributed by atoms with E-state index >= 15 is 0 Å². The first-order chi connectivity index (χ1) is 18.8. The molecule has 1 atom stereocenters. The number of carbonyl (C=O) groups is 2. The lowest BCUT2D eigenvalue weighted by molar-refractivity contribution is -0.132. The van der Waals surface area contributed by atoms with Gasteiger partial charge in [0.05, 0.1) is 35.5 Å². The molecule has 0 saturated carbocycles. The van der Waals surface area contributed by atoms with Crippen LogP contribution in [0.5, 0.6) is 11.5 Å². The minimum absolute atomic E-state index is 0.0304. The van der Waals surface area contributed by atoms with Gasteiger partial charge < -0.3 is 14.6 Å². The Morgan fingerprint density at radius 2 is 1.85 bits per heavy atom. The summed E-state index contributed by atoms with van der Waals surface area (Å²) in [5.74, 6) is -0.324.